The molecule has 0 amide bonds. The highest BCUT2D eigenvalue weighted by Crippen LogP contribution is 2.26. The van der Waals surface area contributed by atoms with Gasteiger partial charge in [0, 0.05) is 24.3 Å². The van der Waals surface area contributed by atoms with E-state index >= 15 is 0 Å². The molecule has 28 heavy (non-hydrogen) atoms. The van der Waals surface area contributed by atoms with E-state index < -0.39 is 0 Å². The summed E-state index contributed by atoms with van der Waals surface area (Å²) in [6.45, 7) is 3.93. The lowest BCUT2D eigenvalue weighted by molar-refractivity contribution is 0.0362. The fourth-order valence-electron chi connectivity index (χ4n) is 3.58. The van der Waals surface area contributed by atoms with Crippen LogP contribution in [-0.2, 0) is 17.7 Å². The van der Waals surface area contributed by atoms with Crippen LogP contribution >= 0.6 is 0 Å². The van der Waals surface area contributed by atoms with Crippen molar-refractivity contribution in [3.8, 4) is 11.4 Å². The molecule has 1 aromatic heterocycles. The first kappa shape index (κ1) is 18.8. The van der Waals surface area contributed by atoms with Crippen molar-refractivity contribution in [3.63, 3.8) is 0 Å². The number of nitrogens with one attached hydrogen (secondary N) is 1. The zero-order valence-electron chi connectivity index (χ0n) is 16.0. The van der Waals surface area contributed by atoms with E-state index in [0.717, 1.165) is 30.4 Å². The van der Waals surface area contributed by atoms with E-state index in [0.29, 0.717) is 31.5 Å². The van der Waals surface area contributed by atoms with Gasteiger partial charge in [-0.05, 0) is 43.9 Å². The molecule has 6 heteroatoms. The van der Waals surface area contributed by atoms with Crippen LogP contribution in [0.4, 0.5) is 4.39 Å². The lowest BCUT2D eigenvalue weighted by atomic mass is 9.83. The first-order valence-electron chi connectivity index (χ1n) is 9.59. The summed E-state index contributed by atoms with van der Waals surface area (Å²) < 4.78 is 24.2. The number of hydrogen-bond donors (Lipinski definition) is 1. The number of aromatic nitrogens is 2. The topological polar surface area (TPSA) is 60.2 Å². The third-order valence-corrected chi connectivity index (χ3v) is 5.30. The predicted octanol–water partition coefficient (Wildman–Crippen LogP) is 4.07. The van der Waals surface area contributed by atoms with Crippen LogP contribution in [0.25, 0.3) is 11.4 Å². The number of hydrogen-bond acceptors (Lipinski definition) is 5. The monoisotopic (exact) mass is 381 g/mol. The van der Waals surface area contributed by atoms with E-state index in [-0.39, 0.29) is 11.4 Å². The van der Waals surface area contributed by atoms with E-state index in [4.69, 9.17) is 9.26 Å². The summed E-state index contributed by atoms with van der Waals surface area (Å²) in [5.41, 5.74) is 3.10. The predicted molar refractivity (Wildman–Crippen MR) is 104 cm³/mol. The van der Waals surface area contributed by atoms with Gasteiger partial charge in [-0.2, -0.15) is 4.98 Å². The fourth-order valence-corrected chi connectivity index (χ4v) is 3.58. The smallest absolute Gasteiger partial charge is 0.240 e. The van der Waals surface area contributed by atoms with Gasteiger partial charge in [-0.3, -0.25) is 0 Å². The first-order chi connectivity index (χ1) is 13.6. The van der Waals surface area contributed by atoms with Crippen molar-refractivity contribution in [1.29, 1.82) is 0 Å². The van der Waals surface area contributed by atoms with Crippen LogP contribution in [-0.4, -0.2) is 28.9 Å². The Morgan fingerprint density at radius 2 is 1.75 bits per heavy atom. The molecule has 0 bridgehead atoms. The van der Waals surface area contributed by atoms with E-state index in [1.807, 2.05) is 43.3 Å². The summed E-state index contributed by atoms with van der Waals surface area (Å²) in [6, 6.07) is 14.7. The number of aryl methyl sites for hydroxylation is 1. The van der Waals surface area contributed by atoms with Crippen LogP contribution in [0, 0.1) is 12.7 Å². The molecule has 1 aliphatic heterocycles. The quantitative estimate of drug-likeness (QED) is 0.698. The molecule has 0 radical (unpaired) electrons. The van der Waals surface area contributed by atoms with Crippen LogP contribution in [0.3, 0.4) is 0 Å². The van der Waals surface area contributed by atoms with Gasteiger partial charge < -0.3 is 14.6 Å². The van der Waals surface area contributed by atoms with Crippen LogP contribution in [0.15, 0.2) is 53.1 Å². The maximum Gasteiger partial charge on any atom is 0.240 e. The molecule has 146 valence electrons. The van der Waals surface area contributed by atoms with Gasteiger partial charge in [0.05, 0.1) is 6.54 Å². The molecule has 2 aromatic carbocycles. The van der Waals surface area contributed by atoms with Gasteiger partial charge >= 0.3 is 0 Å². The molecule has 1 aliphatic rings. The highest BCUT2D eigenvalue weighted by molar-refractivity contribution is 5.54. The number of ether oxygens (including phenoxy) is 1. The lowest BCUT2D eigenvalue weighted by Crippen LogP contribution is -2.50. The first-order valence-corrected chi connectivity index (χ1v) is 9.59. The lowest BCUT2D eigenvalue weighted by Gasteiger charge is -2.38. The minimum Gasteiger partial charge on any atom is -0.381 e. The van der Waals surface area contributed by atoms with Gasteiger partial charge in [-0.15, -0.1) is 0 Å². The van der Waals surface area contributed by atoms with Crippen LogP contribution < -0.4 is 5.32 Å². The Labute approximate surface area is 163 Å². The van der Waals surface area contributed by atoms with Gasteiger partial charge in [-0.25, -0.2) is 4.39 Å². The maximum atomic E-state index is 13.2. The third-order valence-electron chi connectivity index (χ3n) is 5.30. The van der Waals surface area contributed by atoms with Crippen LogP contribution in [0.5, 0.6) is 0 Å². The molecular weight excluding hydrogens is 357 g/mol. The van der Waals surface area contributed by atoms with Gasteiger partial charge in [0.1, 0.15) is 5.82 Å². The second-order valence-electron chi connectivity index (χ2n) is 7.43. The zero-order chi connectivity index (χ0) is 19.4. The number of benzene rings is 2. The molecular formula is C22H24FN3O2. The third kappa shape index (κ3) is 4.46. The molecule has 0 aliphatic carbocycles. The van der Waals surface area contributed by atoms with Crippen molar-refractivity contribution >= 4 is 0 Å². The molecule has 0 spiro atoms. The summed E-state index contributed by atoms with van der Waals surface area (Å²) in [7, 11) is 0. The molecule has 0 unspecified atom stereocenters. The standard InChI is InChI=1S/C22H24FN3O2/c1-16-2-6-18(7-3-16)21-25-20(28-26-21)15-24-22(10-12-27-13-11-22)14-17-4-8-19(23)9-5-17/h2-9,24H,10-15H2,1H3. The van der Waals surface area contributed by atoms with E-state index in [1.54, 1.807) is 0 Å². The highest BCUT2D eigenvalue weighted by Gasteiger charge is 2.32. The summed E-state index contributed by atoms with van der Waals surface area (Å²) in [6.07, 6.45) is 2.56. The molecule has 1 fully saturated rings. The average molecular weight is 381 g/mol. The van der Waals surface area contributed by atoms with Gasteiger partial charge in [0.15, 0.2) is 0 Å². The van der Waals surface area contributed by atoms with Crippen LogP contribution in [0.2, 0.25) is 0 Å². The molecule has 0 atom stereocenters. The molecule has 0 saturated carbocycles. The highest BCUT2D eigenvalue weighted by atomic mass is 19.1. The molecule has 1 saturated heterocycles. The van der Waals surface area contributed by atoms with Gasteiger partial charge in [0.2, 0.25) is 11.7 Å². The van der Waals surface area contributed by atoms with E-state index in [9.17, 15) is 4.39 Å². The van der Waals surface area contributed by atoms with Gasteiger partial charge in [-0.1, -0.05) is 47.1 Å². The molecule has 1 N–H and O–H groups in total. The second-order valence-corrected chi connectivity index (χ2v) is 7.43. The minimum atomic E-state index is -0.216. The average Bonchev–Trinajstić information content (AvgIpc) is 3.19. The normalized spacial score (nSPS) is 16.2. The number of nitrogens with zero attached hydrogens (tertiary/aromatic N) is 2. The summed E-state index contributed by atoms with van der Waals surface area (Å²) >= 11 is 0. The number of halogens is 1. The SMILES string of the molecule is Cc1ccc(-c2noc(CNC3(Cc4ccc(F)cc4)CCOCC3)n2)cc1. The van der Waals surface area contributed by atoms with Crippen molar-refractivity contribution in [2.75, 3.05) is 13.2 Å². The van der Waals surface area contributed by atoms with E-state index in [2.05, 4.69) is 15.5 Å². The molecule has 2 heterocycles. The van der Waals surface area contributed by atoms with Gasteiger partial charge in [0.25, 0.3) is 0 Å². The summed E-state index contributed by atoms with van der Waals surface area (Å²) in [4.78, 5) is 4.52. The zero-order valence-corrected chi connectivity index (χ0v) is 16.0. The van der Waals surface area contributed by atoms with Crippen molar-refractivity contribution in [1.82, 2.24) is 15.5 Å². The van der Waals surface area contributed by atoms with E-state index in [1.165, 1.54) is 17.7 Å². The largest absolute Gasteiger partial charge is 0.381 e. The van der Waals surface area contributed by atoms with Crippen molar-refractivity contribution in [2.45, 2.75) is 38.3 Å². The summed E-state index contributed by atoms with van der Waals surface area (Å²) in [5, 5.41) is 7.72. The molecule has 3 aromatic rings. The Morgan fingerprint density at radius 1 is 1.04 bits per heavy atom. The van der Waals surface area contributed by atoms with Crippen LogP contribution in [0.1, 0.15) is 29.9 Å². The Kier molecular flexibility index (Phi) is 5.50. The Balaban J connectivity index is 1.46. The molecule has 5 nitrogen and oxygen atoms in total. The van der Waals surface area contributed by atoms with Crippen molar-refractivity contribution < 1.29 is 13.7 Å². The number of rotatable bonds is 6. The minimum absolute atomic E-state index is 0.130. The Bertz CT molecular complexity index is 900. The summed E-state index contributed by atoms with van der Waals surface area (Å²) in [5.74, 6) is 0.934. The fraction of sp³-hybridized carbons (Fsp3) is 0.364. The molecule has 4 rings (SSSR count). The van der Waals surface area contributed by atoms with Crippen molar-refractivity contribution in [2.24, 2.45) is 0 Å². The second kappa shape index (κ2) is 8.20. The maximum absolute atomic E-state index is 13.2. The Hall–Kier alpha value is -2.57. The Morgan fingerprint density at radius 3 is 2.46 bits per heavy atom. The van der Waals surface area contributed by atoms with Crippen molar-refractivity contribution in [3.05, 3.63) is 71.4 Å².